The maximum absolute atomic E-state index is 13.6. The first kappa shape index (κ1) is 26.0. The number of carbonyl (C=O) groups is 1. The predicted octanol–water partition coefficient (Wildman–Crippen LogP) is 6.19. The van der Waals surface area contributed by atoms with Crippen LogP contribution < -0.4 is 21.1 Å². The Morgan fingerprint density at radius 1 is 1.05 bits per heavy atom. The molecule has 4 rings (SSSR count). The molecule has 0 spiro atoms. The molecular weight excluding hydrogens is 460 g/mol. The first-order chi connectivity index (χ1) is 17.8. The Labute approximate surface area is 219 Å². The fraction of sp³-hybridized carbons (Fsp3) is 0.290. The molecule has 37 heavy (non-hydrogen) atoms. The molecule has 0 aliphatic carbocycles. The van der Waals surface area contributed by atoms with Gasteiger partial charge in [-0.2, -0.15) is 0 Å². The summed E-state index contributed by atoms with van der Waals surface area (Å²) in [7, 11) is 0. The van der Waals surface area contributed by atoms with Gasteiger partial charge < -0.3 is 21.1 Å². The van der Waals surface area contributed by atoms with Gasteiger partial charge in [0.2, 0.25) is 5.91 Å². The third-order valence-corrected chi connectivity index (χ3v) is 6.27. The van der Waals surface area contributed by atoms with Gasteiger partial charge in [0.25, 0.3) is 0 Å². The molecule has 4 N–H and O–H groups in total. The third-order valence-electron chi connectivity index (χ3n) is 6.27. The Bertz CT molecular complexity index is 1380. The van der Waals surface area contributed by atoms with Gasteiger partial charge >= 0.3 is 0 Å². The second-order valence-corrected chi connectivity index (χ2v) is 9.81. The zero-order valence-corrected chi connectivity index (χ0v) is 22.0. The number of fused-ring (bicyclic) bond motifs is 1. The Morgan fingerprint density at radius 2 is 1.89 bits per heavy atom. The lowest BCUT2D eigenvalue weighted by Gasteiger charge is -2.22. The molecule has 1 amide bonds. The summed E-state index contributed by atoms with van der Waals surface area (Å²) in [6.07, 6.45) is 2.60. The van der Waals surface area contributed by atoms with Crippen LogP contribution in [-0.4, -0.2) is 17.5 Å². The van der Waals surface area contributed by atoms with E-state index in [9.17, 15) is 4.79 Å². The molecule has 0 saturated heterocycles. The molecule has 4 aromatic rings. The molecule has 1 unspecified atom stereocenters. The zero-order chi connectivity index (χ0) is 26.4. The quantitative estimate of drug-likeness (QED) is 0.243. The van der Waals surface area contributed by atoms with E-state index in [-0.39, 0.29) is 5.91 Å². The lowest BCUT2D eigenvalue weighted by Crippen LogP contribution is -2.33. The number of nitrogens with two attached hydrogens (primary N) is 1. The van der Waals surface area contributed by atoms with Crippen molar-refractivity contribution in [2.45, 2.75) is 46.7 Å². The highest BCUT2D eigenvalue weighted by molar-refractivity contribution is 5.94. The summed E-state index contributed by atoms with van der Waals surface area (Å²) in [5.74, 6) is 1.69. The minimum absolute atomic E-state index is 0.116. The van der Waals surface area contributed by atoms with Gasteiger partial charge in [-0.15, -0.1) is 0 Å². The van der Waals surface area contributed by atoms with Gasteiger partial charge in [0.15, 0.2) is 0 Å². The van der Waals surface area contributed by atoms with E-state index in [1.54, 1.807) is 6.20 Å². The van der Waals surface area contributed by atoms with Crippen LogP contribution in [0.25, 0.3) is 10.8 Å². The molecule has 0 saturated carbocycles. The average molecular weight is 497 g/mol. The summed E-state index contributed by atoms with van der Waals surface area (Å²) in [5, 5.41) is 8.41. The summed E-state index contributed by atoms with van der Waals surface area (Å²) in [6, 6.07) is 21.4. The molecule has 0 radical (unpaired) electrons. The number of hydrogen-bond acceptors (Lipinski definition) is 5. The monoisotopic (exact) mass is 496 g/mol. The maximum Gasteiger partial charge on any atom is 0.247 e. The van der Waals surface area contributed by atoms with Crippen LogP contribution in [0.3, 0.4) is 0 Å². The lowest BCUT2D eigenvalue weighted by atomic mass is 9.97. The Morgan fingerprint density at radius 3 is 2.65 bits per heavy atom. The summed E-state index contributed by atoms with van der Waals surface area (Å²) < 4.78 is 5.99. The highest BCUT2D eigenvalue weighted by Gasteiger charge is 2.22. The normalized spacial score (nSPS) is 11.9. The summed E-state index contributed by atoms with van der Waals surface area (Å²) in [5.41, 5.74) is 11.1. The molecule has 6 nitrogen and oxygen atoms in total. The van der Waals surface area contributed by atoms with Crippen molar-refractivity contribution in [3.8, 4) is 5.75 Å². The fourth-order valence-corrected chi connectivity index (χ4v) is 4.52. The van der Waals surface area contributed by atoms with Gasteiger partial charge in [-0.1, -0.05) is 55.8 Å². The van der Waals surface area contributed by atoms with Gasteiger partial charge in [-0.05, 0) is 78.6 Å². The number of nitrogens with zero attached hydrogens (tertiary/aromatic N) is 1. The van der Waals surface area contributed by atoms with Crippen molar-refractivity contribution in [1.82, 2.24) is 10.3 Å². The van der Waals surface area contributed by atoms with Crippen molar-refractivity contribution in [3.63, 3.8) is 0 Å². The molecule has 6 heteroatoms. The SMILES string of the molecule is CCOc1cc(C(Nc2ccc3c(N)nccc3c2)C(=O)NCc2cccc(C)c2)ccc1CC(C)C. The van der Waals surface area contributed by atoms with Crippen molar-refractivity contribution in [3.05, 3.63) is 95.2 Å². The van der Waals surface area contributed by atoms with Crippen LogP contribution in [-0.2, 0) is 17.8 Å². The smallest absolute Gasteiger partial charge is 0.247 e. The molecule has 1 aromatic heterocycles. The summed E-state index contributed by atoms with van der Waals surface area (Å²) >= 11 is 0. The molecule has 3 aromatic carbocycles. The number of ether oxygens (including phenoxy) is 1. The van der Waals surface area contributed by atoms with Gasteiger partial charge in [0.1, 0.15) is 17.6 Å². The van der Waals surface area contributed by atoms with E-state index in [4.69, 9.17) is 10.5 Å². The van der Waals surface area contributed by atoms with Gasteiger partial charge in [-0.25, -0.2) is 4.98 Å². The number of pyridine rings is 1. The van der Waals surface area contributed by atoms with Crippen LogP contribution >= 0.6 is 0 Å². The van der Waals surface area contributed by atoms with Crippen LogP contribution in [0.2, 0.25) is 0 Å². The number of aromatic nitrogens is 1. The number of hydrogen-bond donors (Lipinski definition) is 3. The molecular formula is C31H36N4O2. The molecule has 0 fully saturated rings. The van der Waals surface area contributed by atoms with E-state index in [1.165, 1.54) is 0 Å². The number of nitrogens with one attached hydrogen (secondary N) is 2. The molecule has 0 aliphatic rings. The third kappa shape index (κ3) is 6.58. The van der Waals surface area contributed by atoms with Crippen LogP contribution in [0.1, 0.15) is 49.1 Å². The van der Waals surface area contributed by atoms with Crippen molar-refractivity contribution < 1.29 is 9.53 Å². The number of nitrogen functional groups attached to an aromatic ring is 1. The van der Waals surface area contributed by atoms with Crippen molar-refractivity contribution >= 4 is 28.2 Å². The summed E-state index contributed by atoms with van der Waals surface area (Å²) in [6.45, 7) is 9.41. The van der Waals surface area contributed by atoms with E-state index >= 15 is 0 Å². The van der Waals surface area contributed by atoms with Gasteiger partial charge in [0.05, 0.1) is 6.61 Å². The number of benzene rings is 3. The van der Waals surface area contributed by atoms with Crippen LogP contribution in [0, 0.1) is 12.8 Å². The lowest BCUT2D eigenvalue weighted by molar-refractivity contribution is -0.122. The highest BCUT2D eigenvalue weighted by atomic mass is 16.5. The number of amides is 1. The van der Waals surface area contributed by atoms with Crippen molar-refractivity contribution in [1.29, 1.82) is 0 Å². The number of anilines is 2. The van der Waals surface area contributed by atoms with E-state index in [1.807, 2.05) is 68.4 Å². The van der Waals surface area contributed by atoms with E-state index in [0.29, 0.717) is 24.9 Å². The van der Waals surface area contributed by atoms with Crippen LogP contribution in [0.15, 0.2) is 72.9 Å². The second kappa shape index (κ2) is 11.8. The minimum Gasteiger partial charge on any atom is -0.494 e. The predicted molar refractivity (Wildman–Crippen MR) is 152 cm³/mol. The standard InChI is InChI=1S/C31H36N4O2/c1-5-37-28-18-25(10-9-24(28)15-20(2)3)29(31(36)34-19-22-8-6-7-21(4)16-22)35-26-11-12-27-23(17-26)13-14-33-30(27)32/h6-14,16-18,20,29,35H,5,15,19H2,1-4H3,(H2,32,33)(H,34,36). The molecule has 192 valence electrons. The van der Waals surface area contributed by atoms with E-state index < -0.39 is 6.04 Å². The highest BCUT2D eigenvalue weighted by Crippen LogP contribution is 2.30. The molecule has 1 atom stereocenters. The van der Waals surface area contributed by atoms with Crippen LogP contribution in [0.5, 0.6) is 5.75 Å². The first-order valence-corrected chi connectivity index (χ1v) is 12.8. The Hall–Kier alpha value is -4.06. The first-order valence-electron chi connectivity index (χ1n) is 12.8. The van der Waals surface area contributed by atoms with E-state index in [0.717, 1.165) is 50.9 Å². The summed E-state index contributed by atoms with van der Waals surface area (Å²) in [4.78, 5) is 17.8. The average Bonchev–Trinajstić information content (AvgIpc) is 2.87. The zero-order valence-electron chi connectivity index (χ0n) is 22.0. The molecule has 1 heterocycles. The number of carbonyl (C=O) groups excluding carboxylic acids is 1. The van der Waals surface area contributed by atoms with Gasteiger partial charge in [0, 0.05) is 23.8 Å². The second-order valence-electron chi connectivity index (χ2n) is 9.81. The topological polar surface area (TPSA) is 89.3 Å². The fourth-order valence-electron chi connectivity index (χ4n) is 4.52. The van der Waals surface area contributed by atoms with E-state index in [2.05, 4.69) is 41.6 Å². The maximum atomic E-state index is 13.6. The van der Waals surface area contributed by atoms with Crippen molar-refractivity contribution in [2.24, 2.45) is 5.92 Å². The number of rotatable bonds is 10. The number of aryl methyl sites for hydroxylation is 1. The Balaban J connectivity index is 1.67. The van der Waals surface area contributed by atoms with Crippen molar-refractivity contribution in [2.75, 3.05) is 17.7 Å². The van der Waals surface area contributed by atoms with Gasteiger partial charge in [-0.3, -0.25) is 4.79 Å². The molecule has 0 aliphatic heterocycles. The Kier molecular flexibility index (Phi) is 8.29. The minimum atomic E-state index is -0.617. The van der Waals surface area contributed by atoms with Crippen LogP contribution in [0.4, 0.5) is 11.5 Å². The largest absolute Gasteiger partial charge is 0.494 e. The molecule has 0 bridgehead atoms.